The smallest absolute Gasteiger partial charge is 0.314 e. The summed E-state index contributed by atoms with van der Waals surface area (Å²) in [6, 6.07) is 0. The quantitative estimate of drug-likeness (QED) is 0.305. The van der Waals surface area contributed by atoms with Crippen LogP contribution in [0.2, 0.25) is 16.6 Å². The molecule has 4 atom stereocenters. The van der Waals surface area contributed by atoms with Gasteiger partial charge in [-0.3, -0.25) is 4.79 Å². The molecule has 0 radical (unpaired) electrons. The molecule has 2 saturated carbocycles. The fraction of sp³-hybridized carbons (Fsp3) is 0.870. The lowest BCUT2D eigenvalue weighted by Crippen LogP contribution is -2.62. The SMILES string of the molecule is C#C[C@@H]1CC[C@@]2(C(=O)OCC)CCC[C@@H]1[C@@H]2O[Si](C(C)C)(C(C)C)C(C)C. The number of hydrogen-bond acceptors (Lipinski definition) is 3. The van der Waals surface area contributed by atoms with E-state index in [0.29, 0.717) is 23.2 Å². The zero-order valence-corrected chi connectivity index (χ0v) is 19.5. The second kappa shape index (κ2) is 8.70. The number of carbonyl (C=O) groups is 1. The summed E-state index contributed by atoms with van der Waals surface area (Å²) in [5.41, 5.74) is 0.972. The number of terminal acetylenes is 1. The van der Waals surface area contributed by atoms with Crippen molar-refractivity contribution < 1.29 is 14.0 Å². The minimum absolute atomic E-state index is 0.0469. The summed E-state index contributed by atoms with van der Waals surface area (Å²) in [4.78, 5) is 13.2. The highest BCUT2D eigenvalue weighted by molar-refractivity contribution is 6.77. The van der Waals surface area contributed by atoms with Crippen LogP contribution in [0.15, 0.2) is 0 Å². The van der Waals surface area contributed by atoms with Crippen LogP contribution >= 0.6 is 0 Å². The topological polar surface area (TPSA) is 35.5 Å². The van der Waals surface area contributed by atoms with Gasteiger partial charge < -0.3 is 9.16 Å². The van der Waals surface area contributed by atoms with Crippen molar-refractivity contribution in [1.82, 2.24) is 0 Å². The summed E-state index contributed by atoms with van der Waals surface area (Å²) < 4.78 is 12.9. The van der Waals surface area contributed by atoms with Gasteiger partial charge in [0.1, 0.15) is 0 Å². The number of carbonyl (C=O) groups excluding carboxylic acids is 1. The van der Waals surface area contributed by atoms with Gasteiger partial charge in [0.05, 0.1) is 18.1 Å². The molecule has 0 N–H and O–H groups in total. The van der Waals surface area contributed by atoms with Gasteiger partial charge in [0, 0.05) is 5.92 Å². The Labute approximate surface area is 168 Å². The minimum Gasteiger partial charge on any atom is -0.465 e. The first kappa shape index (κ1) is 22.5. The molecule has 4 heteroatoms. The lowest BCUT2D eigenvalue weighted by atomic mass is 9.56. The Balaban J connectivity index is 2.52. The standard InChI is InChI=1S/C23H40O3Si/c1-9-19-13-15-23(22(24)25-10-2)14-11-12-20(19)21(23)26-27(16(3)4,17(5)6)18(7)8/h1,16-21H,10-15H2,2-8H3/t19-,20+,21+,23+/m1/s1. The maximum absolute atomic E-state index is 13.2. The van der Waals surface area contributed by atoms with Crippen LogP contribution in [0.1, 0.15) is 80.6 Å². The van der Waals surface area contributed by atoms with Crippen molar-refractivity contribution in [2.75, 3.05) is 6.61 Å². The Morgan fingerprint density at radius 3 is 2.19 bits per heavy atom. The van der Waals surface area contributed by atoms with Gasteiger partial charge in [0.2, 0.25) is 8.32 Å². The fourth-order valence-corrected chi connectivity index (χ4v) is 12.0. The van der Waals surface area contributed by atoms with Crippen LogP contribution in [0.4, 0.5) is 0 Å². The van der Waals surface area contributed by atoms with Gasteiger partial charge in [-0.05, 0) is 55.1 Å². The molecule has 0 unspecified atom stereocenters. The molecule has 0 aliphatic heterocycles. The highest BCUT2D eigenvalue weighted by Gasteiger charge is 2.60. The fourth-order valence-electron chi connectivity index (χ4n) is 6.29. The Bertz CT molecular complexity index is 541. The highest BCUT2D eigenvalue weighted by atomic mass is 28.4. The van der Waals surface area contributed by atoms with Crippen molar-refractivity contribution in [3.05, 3.63) is 0 Å². The molecule has 0 amide bonds. The van der Waals surface area contributed by atoms with E-state index in [-0.39, 0.29) is 23.9 Å². The summed E-state index contributed by atoms with van der Waals surface area (Å²) in [5, 5.41) is 0. The number of ether oxygens (including phenoxy) is 1. The summed E-state index contributed by atoms with van der Waals surface area (Å²) in [6.45, 7) is 16.2. The van der Waals surface area contributed by atoms with Crippen LogP contribution in [-0.4, -0.2) is 27.0 Å². The lowest BCUT2D eigenvalue weighted by molar-refractivity contribution is -0.177. The molecule has 2 rings (SSSR count). The molecule has 0 heterocycles. The third kappa shape index (κ3) is 3.75. The van der Waals surface area contributed by atoms with Crippen molar-refractivity contribution >= 4 is 14.3 Å². The molecule has 0 spiro atoms. The molecule has 2 fully saturated rings. The van der Waals surface area contributed by atoms with Gasteiger partial charge in [-0.15, -0.1) is 12.3 Å². The average Bonchev–Trinajstić information content (AvgIpc) is 2.58. The highest BCUT2D eigenvalue weighted by Crippen LogP contribution is 2.56. The molecule has 0 saturated heterocycles. The van der Waals surface area contributed by atoms with Gasteiger partial charge >= 0.3 is 5.97 Å². The van der Waals surface area contributed by atoms with E-state index in [1.54, 1.807) is 0 Å². The first-order valence-corrected chi connectivity index (χ1v) is 13.1. The maximum atomic E-state index is 13.2. The van der Waals surface area contributed by atoms with Gasteiger partial charge in [0.25, 0.3) is 0 Å². The third-order valence-corrected chi connectivity index (χ3v) is 13.5. The molecule has 0 aromatic rings. The summed E-state index contributed by atoms with van der Waals surface area (Å²) in [7, 11) is -2.12. The molecular formula is C23H40O3Si. The molecule has 0 aromatic carbocycles. The average molecular weight is 393 g/mol. The van der Waals surface area contributed by atoms with Crippen molar-refractivity contribution in [2.45, 2.75) is 103 Å². The van der Waals surface area contributed by atoms with Gasteiger partial charge in [-0.25, -0.2) is 0 Å². The zero-order chi connectivity index (χ0) is 20.4. The summed E-state index contributed by atoms with van der Waals surface area (Å²) >= 11 is 0. The zero-order valence-electron chi connectivity index (χ0n) is 18.5. The van der Waals surface area contributed by atoms with Crippen LogP contribution in [0, 0.1) is 29.6 Å². The second-order valence-electron chi connectivity index (χ2n) is 9.60. The van der Waals surface area contributed by atoms with Crippen molar-refractivity contribution in [1.29, 1.82) is 0 Å². The normalized spacial score (nSPS) is 31.2. The lowest BCUT2D eigenvalue weighted by Gasteiger charge is -2.56. The van der Waals surface area contributed by atoms with Crippen LogP contribution in [0.3, 0.4) is 0 Å². The van der Waals surface area contributed by atoms with E-state index in [1.807, 2.05) is 6.92 Å². The molecule has 154 valence electrons. The Hall–Kier alpha value is -0.793. The molecule has 0 aromatic heterocycles. The molecule has 2 aliphatic carbocycles. The van der Waals surface area contributed by atoms with Crippen LogP contribution in [-0.2, 0) is 14.0 Å². The second-order valence-corrected chi connectivity index (χ2v) is 15.0. The molecule has 2 aliphatic rings. The molecule has 3 nitrogen and oxygen atoms in total. The third-order valence-electron chi connectivity index (χ3n) is 7.45. The number of rotatable bonds is 7. The summed E-state index contributed by atoms with van der Waals surface area (Å²) in [6.07, 6.45) is 10.5. The van der Waals surface area contributed by atoms with E-state index < -0.39 is 13.7 Å². The molecule has 27 heavy (non-hydrogen) atoms. The van der Waals surface area contributed by atoms with Gasteiger partial charge in [0.15, 0.2) is 0 Å². The predicted molar refractivity (Wildman–Crippen MR) is 114 cm³/mol. The summed E-state index contributed by atoms with van der Waals surface area (Å²) in [5.74, 6) is 3.49. The van der Waals surface area contributed by atoms with E-state index >= 15 is 0 Å². The molecular weight excluding hydrogens is 352 g/mol. The Kier molecular flexibility index (Phi) is 7.25. The van der Waals surface area contributed by atoms with E-state index in [4.69, 9.17) is 15.6 Å². The predicted octanol–water partition coefficient (Wildman–Crippen LogP) is 5.94. The monoisotopic (exact) mass is 392 g/mol. The van der Waals surface area contributed by atoms with E-state index in [1.165, 1.54) is 0 Å². The minimum atomic E-state index is -2.12. The number of fused-ring (bicyclic) bond motifs is 2. The first-order chi connectivity index (χ1) is 12.7. The van der Waals surface area contributed by atoms with E-state index in [0.717, 1.165) is 32.1 Å². The van der Waals surface area contributed by atoms with Gasteiger partial charge in [-0.2, -0.15) is 0 Å². The largest absolute Gasteiger partial charge is 0.465 e. The van der Waals surface area contributed by atoms with Gasteiger partial charge in [-0.1, -0.05) is 48.0 Å². The van der Waals surface area contributed by atoms with Crippen LogP contribution < -0.4 is 0 Å². The number of hydrogen-bond donors (Lipinski definition) is 0. The first-order valence-electron chi connectivity index (χ1n) is 11.0. The Morgan fingerprint density at radius 1 is 1.11 bits per heavy atom. The van der Waals surface area contributed by atoms with Crippen molar-refractivity contribution in [2.24, 2.45) is 17.3 Å². The van der Waals surface area contributed by atoms with E-state index in [9.17, 15) is 4.79 Å². The van der Waals surface area contributed by atoms with Crippen molar-refractivity contribution in [3.63, 3.8) is 0 Å². The van der Waals surface area contributed by atoms with Crippen LogP contribution in [0.25, 0.3) is 0 Å². The molecule has 2 bridgehead atoms. The Morgan fingerprint density at radius 2 is 1.70 bits per heavy atom. The van der Waals surface area contributed by atoms with Crippen molar-refractivity contribution in [3.8, 4) is 12.3 Å². The van der Waals surface area contributed by atoms with E-state index in [2.05, 4.69) is 47.5 Å². The van der Waals surface area contributed by atoms with Crippen LogP contribution in [0.5, 0.6) is 0 Å². The number of esters is 1. The maximum Gasteiger partial charge on any atom is 0.314 e.